The summed E-state index contributed by atoms with van der Waals surface area (Å²) in [6.07, 6.45) is 6.53. The third kappa shape index (κ3) is 7.05. The third-order valence-electron chi connectivity index (χ3n) is 6.68. The van der Waals surface area contributed by atoms with Crippen molar-refractivity contribution in [2.24, 2.45) is 0 Å². The second kappa shape index (κ2) is 13.7. The van der Waals surface area contributed by atoms with Crippen molar-refractivity contribution in [1.82, 2.24) is 14.7 Å². The van der Waals surface area contributed by atoms with Crippen LogP contribution in [0.3, 0.4) is 0 Å². The van der Waals surface area contributed by atoms with Gasteiger partial charge in [-0.1, -0.05) is 46.1 Å². The fourth-order valence-corrected chi connectivity index (χ4v) is 5.40. The van der Waals surface area contributed by atoms with E-state index in [1.807, 2.05) is 48.7 Å². The van der Waals surface area contributed by atoms with E-state index in [9.17, 15) is 4.79 Å². The van der Waals surface area contributed by atoms with Crippen LogP contribution in [0.1, 0.15) is 48.2 Å². The van der Waals surface area contributed by atoms with E-state index in [-0.39, 0.29) is 5.91 Å². The van der Waals surface area contributed by atoms with Gasteiger partial charge in [-0.2, -0.15) is 0 Å². The van der Waals surface area contributed by atoms with Crippen molar-refractivity contribution in [1.29, 1.82) is 0 Å². The number of halogens is 2. The molecular weight excluding hydrogens is 582 g/mol. The van der Waals surface area contributed by atoms with Gasteiger partial charge in [0.15, 0.2) is 11.5 Å². The van der Waals surface area contributed by atoms with Crippen LogP contribution in [-0.4, -0.2) is 36.6 Å². The minimum Gasteiger partial charge on any atom is -0.496 e. The highest BCUT2D eigenvalue weighted by Gasteiger charge is 2.16. The topological polar surface area (TPSA) is 74.1 Å². The molecule has 0 fully saturated rings. The SMILES string of the molecule is COc1ccc(Br)cc1Cc1c(CNC(=O)CCCCCc2ccc(OC)c(OC)c2Cl)nc2ccccn12. The normalized spacial score (nSPS) is 11.0. The largest absolute Gasteiger partial charge is 0.496 e. The number of amides is 1. The molecule has 0 radical (unpaired) electrons. The summed E-state index contributed by atoms with van der Waals surface area (Å²) in [5.74, 6) is 2.00. The van der Waals surface area contributed by atoms with Crippen LogP contribution >= 0.6 is 27.5 Å². The number of nitrogens with one attached hydrogen (secondary N) is 1. The molecule has 0 aliphatic rings. The highest BCUT2D eigenvalue weighted by atomic mass is 79.9. The van der Waals surface area contributed by atoms with Gasteiger partial charge in [-0.05, 0) is 61.2 Å². The molecule has 0 bridgehead atoms. The van der Waals surface area contributed by atoms with E-state index in [2.05, 4.69) is 31.7 Å². The molecule has 2 aromatic heterocycles. The van der Waals surface area contributed by atoms with Crippen molar-refractivity contribution >= 4 is 39.1 Å². The molecule has 206 valence electrons. The highest BCUT2D eigenvalue weighted by molar-refractivity contribution is 9.10. The predicted octanol–water partition coefficient (Wildman–Crippen LogP) is 6.79. The second-order valence-corrected chi connectivity index (χ2v) is 10.5. The molecule has 1 N–H and O–H groups in total. The van der Waals surface area contributed by atoms with Gasteiger partial charge < -0.3 is 23.9 Å². The Morgan fingerprint density at radius 3 is 2.54 bits per heavy atom. The molecule has 2 heterocycles. The van der Waals surface area contributed by atoms with Gasteiger partial charge in [0.25, 0.3) is 0 Å². The number of aryl methyl sites for hydroxylation is 1. The van der Waals surface area contributed by atoms with Gasteiger partial charge >= 0.3 is 0 Å². The van der Waals surface area contributed by atoms with Crippen molar-refractivity contribution in [3.8, 4) is 17.2 Å². The van der Waals surface area contributed by atoms with Crippen LogP contribution in [0, 0.1) is 0 Å². The number of hydrogen-bond donors (Lipinski definition) is 1. The van der Waals surface area contributed by atoms with E-state index in [1.54, 1.807) is 21.3 Å². The number of methoxy groups -OCH3 is 3. The van der Waals surface area contributed by atoms with E-state index in [0.717, 1.165) is 64.1 Å². The number of pyridine rings is 1. The van der Waals surface area contributed by atoms with Gasteiger partial charge in [0.2, 0.25) is 5.91 Å². The molecule has 0 spiro atoms. The standard InChI is InChI=1S/C30H33BrClN3O4/c1-37-25-15-13-22(31)17-21(25)18-24-23(34-27-10-7-8-16-35(24)27)19-33-28(36)11-6-4-5-9-20-12-14-26(38-2)30(39-3)29(20)32/h7-8,10,12-17H,4-6,9,11,18-19H2,1-3H3,(H,33,36). The number of nitrogens with zero attached hydrogens (tertiary/aromatic N) is 2. The average Bonchev–Trinajstić information content (AvgIpc) is 3.29. The van der Waals surface area contributed by atoms with Crippen LogP contribution in [0.4, 0.5) is 0 Å². The lowest BCUT2D eigenvalue weighted by Gasteiger charge is -2.12. The molecule has 0 aliphatic heterocycles. The number of carbonyl (C=O) groups excluding carboxylic acids is 1. The van der Waals surface area contributed by atoms with Crippen molar-refractivity contribution in [3.05, 3.63) is 86.7 Å². The summed E-state index contributed by atoms with van der Waals surface area (Å²) >= 11 is 10.0. The average molecular weight is 615 g/mol. The van der Waals surface area contributed by atoms with Crippen molar-refractivity contribution in [3.63, 3.8) is 0 Å². The number of imidazole rings is 1. The van der Waals surface area contributed by atoms with Crippen LogP contribution in [0.2, 0.25) is 5.02 Å². The minimum absolute atomic E-state index is 0.0159. The van der Waals surface area contributed by atoms with Crippen molar-refractivity contribution in [2.45, 2.75) is 45.1 Å². The van der Waals surface area contributed by atoms with Gasteiger partial charge in [-0.3, -0.25) is 4.79 Å². The zero-order valence-electron chi connectivity index (χ0n) is 22.4. The summed E-state index contributed by atoms with van der Waals surface area (Å²) in [5, 5.41) is 3.65. The van der Waals surface area contributed by atoms with Gasteiger partial charge in [0.05, 0.1) is 44.3 Å². The molecule has 0 aliphatic carbocycles. The number of fused-ring (bicyclic) bond motifs is 1. The molecule has 9 heteroatoms. The molecule has 2 aromatic carbocycles. The lowest BCUT2D eigenvalue weighted by atomic mass is 10.0. The molecule has 0 unspecified atom stereocenters. The summed E-state index contributed by atoms with van der Waals surface area (Å²) in [4.78, 5) is 17.5. The van der Waals surface area contributed by atoms with Gasteiger partial charge in [0.1, 0.15) is 11.4 Å². The minimum atomic E-state index is 0.0159. The van der Waals surface area contributed by atoms with E-state index >= 15 is 0 Å². The zero-order chi connectivity index (χ0) is 27.8. The number of ether oxygens (including phenoxy) is 3. The Morgan fingerprint density at radius 2 is 1.77 bits per heavy atom. The Morgan fingerprint density at radius 1 is 0.974 bits per heavy atom. The maximum Gasteiger partial charge on any atom is 0.220 e. The fourth-order valence-electron chi connectivity index (χ4n) is 4.66. The van der Waals surface area contributed by atoms with Crippen molar-refractivity contribution in [2.75, 3.05) is 21.3 Å². The first kappa shape index (κ1) is 28.8. The first-order chi connectivity index (χ1) is 18.9. The molecule has 1 amide bonds. The number of aromatic nitrogens is 2. The van der Waals surface area contributed by atoms with E-state index in [1.165, 1.54) is 0 Å². The Kier molecular flexibility index (Phi) is 10.1. The number of unbranched alkanes of at least 4 members (excludes halogenated alkanes) is 2. The fraction of sp³-hybridized carbons (Fsp3) is 0.333. The van der Waals surface area contributed by atoms with Crippen LogP contribution in [0.5, 0.6) is 17.2 Å². The Labute approximate surface area is 242 Å². The summed E-state index contributed by atoms with van der Waals surface area (Å²) in [6, 6.07) is 15.7. The zero-order valence-corrected chi connectivity index (χ0v) is 24.8. The lowest BCUT2D eigenvalue weighted by molar-refractivity contribution is -0.121. The third-order valence-corrected chi connectivity index (χ3v) is 7.59. The van der Waals surface area contributed by atoms with Crippen molar-refractivity contribution < 1.29 is 19.0 Å². The quantitative estimate of drug-likeness (QED) is 0.168. The molecule has 7 nitrogen and oxygen atoms in total. The maximum absolute atomic E-state index is 12.7. The van der Waals surface area contributed by atoms with Crippen LogP contribution in [-0.2, 0) is 24.2 Å². The number of benzene rings is 2. The van der Waals surface area contributed by atoms with Gasteiger partial charge in [-0.15, -0.1) is 0 Å². The van der Waals surface area contributed by atoms with Crippen LogP contribution in [0.25, 0.3) is 5.65 Å². The van der Waals surface area contributed by atoms with Crippen LogP contribution in [0.15, 0.2) is 59.2 Å². The summed E-state index contributed by atoms with van der Waals surface area (Å²) in [6.45, 7) is 0.368. The number of carbonyl (C=O) groups is 1. The second-order valence-electron chi connectivity index (χ2n) is 9.18. The molecule has 4 rings (SSSR count). The first-order valence-electron chi connectivity index (χ1n) is 12.9. The monoisotopic (exact) mass is 613 g/mol. The molecule has 0 atom stereocenters. The van der Waals surface area contributed by atoms with E-state index < -0.39 is 0 Å². The Bertz CT molecular complexity index is 1440. The van der Waals surface area contributed by atoms with E-state index in [0.29, 0.717) is 35.9 Å². The smallest absolute Gasteiger partial charge is 0.220 e. The summed E-state index contributed by atoms with van der Waals surface area (Å²) in [5.41, 5.74) is 4.77. The van der Waals surface area contributed by atoms with Gasteiger partial charge in [-0.25, -0.2) is 4.98 Å². The molecule has 0 saturated heterocycles. The molecule has 4 aromatic rings. The Balaban J connectivity index is 1.32. The number of hydrogen-bond acceptors (Lipinski definition) is 5. The highest BCUT2D eigenvalue weighted by Crippen LogP contribution is 2.37. The van der Waals surface area contributed by atoms with Crippen LogP contribution < -0.4 is 19.5 Å². The maximum atomic E-state index is 12.7. The molecule has 39 heavy (non-hydrogen) atoms. The number of rotatable bonds is 13. The lowest BCUT2D eigenvalue weighted by Crippen LogP contribution is -2.23. The van der Waals surface area contributed by atoms with E-state index in [4.69, 9.17) is 30.8 Å². The predicted molar refractivity (Wildman–Crippen MR) is 157 cm³/mol. The summed E-state index contributed by atoms with van der Waals surface area (Å²) in [7, 11) is 4.85. The first-order valence-corrected chi connectivity index (χ1v) is 14.1. The Hall–Kier alpha value is -3.23. The van der Waals surface area contributed by atoms with Gasteiger partial charge in [0, 0.05) is 29.1 Å². The molecular formula is C30H33BrClN3O4. The molecule has 0 saturated carbocycles. The summed E-state index contributed by atoms with van der Waals surface area (Å²) < 4.78 is 19.3.